The average Bonchev–Trinajstić information content (AvgIpc) is 2.14. The molecule has 1 aromatic rings. The molecular formula is C5H10Cl2N2O. The highest BCUT2D eigenvalue weighted by molar-refractivity contribution is 5.85. The maximum Gasteiger partial charge on any atom is 0.207 e. The van der Waals surface area contributed by atoms with E-state index in [2.05, 4.69) is 4.98 Å². The summed E-state index contributed by atoms with van der Waals surface area (Å²) in [6.07, 6.45) is 1.59. The maximum atomic E-state index is 5.21. The second-order valence-electron chi connectivity index (χ2n) is 1.59. The van der Waals surface area contributed by atoms with Gasteiger partial charge < -0.3 is 10.2 Å². The Kier molecular flexibility index (Phi) is 6.87. The van der Waals surface area contributed by atoms with Crippen LogP contribution in [-0.2, 0) is 6.54 Å². The first-order chi connectivity index (χ1) is 3.83. The molecule has 0 atom stereocenters. The van der Waals surface area contributed by atoms with E-state index in [4.69, 9.17) is 10.2 Å². The molecule has 0 aliphatic heterocycles. The standard InChI is InChI=1S/C5H8N2O.2ClH/c1-4-3-8-5(2-6)7-4;;/h3H,2,6H2,1H3;2*1H. The fraction of sp³-hybridized carbons (Fsp3) is 0.400. The Morgan fingerprint density at radius 2 is 2.20 bits per heavy atom. The molecule has 60 valence electrons. The molecule has 0 aliphatic rings. The van der Waals surface area contributed by atoms with Crippen LogP contribution in [0.5, 0.6) is 0 Å². The maximum absolute atomic E-state index is 5.21. The SMILES string of the molecule is Cc1coc(CN)n1.Cl.Cl. The van der Waals surface area contributed by atoms with Crippen LogP contribution >= 0.6 is 24.8 Å². The number of nitrogens with zero attached hydrogens (tertiary/aromatic N) is 1. The third-order valence-corrected chi connectivity index (χ3v) is 0.841. The molecule has 0 fully saturated rings. The fourth-order valence-corrected chi connectivity index (χ4v) is 0.496. The first-order valence-corrected chi connectivity index (χ1v) is 2.44. The average molecular weight is 185 g/mol. The molecule has 1 rings (SSSR count). The zero-order valence-electron chi connectivity index (χ0n) is 5.53. The number of hydrogen-bond donors (Lipinski definition) is 1. The predicted octanol–water partition coefficient (Wildman–Crippen LogP) is 1.29. The van der Waals surface area contributed by atoms with Gasteiger partial charge in [0.25, 0.3) is 0 Å². The van der Waals surface area contributed by atoms with Crippen LogP contribution in [0.4, 0.5) is 0 Å². The van der Waals surface area contributed by atoms with E-state index in [-0.39, 0.29) is 24.8 Å². The summed E-state index contributed by atoms with van der Waals surface area (Å²) in [5.74, 6) is 0.600. The molecule has 0 amide bonds. The number of aryl methyl sites for hydroxylation is 1. The molecule has 0 aliphatic carbocycles. The van der Waals surface area contributed by atoms with E-state index in [0.29, 0.717) is 12.4 Å². The summed E-state index contributed by atoms with van der Waals surface area (Å²) >= 11 is 0. The number of oxazole rings is 1. The number of rotatable bonds is 1. The van der Waals surface area contributed by atoms with Gasteiger partial charge >= 0.3 is 0 Å². The Labute approximate surface area is 71.8 Å². The second-order valence-corrected chi connectivity index (χ2v) is 1.59. The van der Waals surface area contributed by atoms with Crippen molar-refractivity contribution in [2.24, 2.45) is 5.73 Å². The molecule has 0 spiro atoms. The molecule has 1 heterocycles. The van der Waals surface area contributed by atoms with Gasteiger partial charge in [0.1, 0.15) is 6.26 Å². The Morgan fingerprint density at radius 3 is 2.40 bits per heavy atom. The topological polar surface area (TPSA) is 52.0 Å². The summed E-state index contributed by atoms with van der Waals surface area (Å²) in [6.45, 7) is 2.25. The Bertz CT molecular complexity index is 178. The third-order valence-electron chi connectivity index (χ3n) is 0.841. The zero-order valence-corrected chi connectivity index (χ0v) is 7.17. The highest BCUT2D eigenvalue weighted by Crippen LogP contribution is 1.96. The van der Waals surface area contributed by atoms with Crippen molar-refractivity contribution in [3.63, 3.8) is 0 Å². The lowest BCUT2D eigenvalue weighted by atomic mass is 10.6. The molecule has 1 aromatic heterocycles. The number of hydrogen-bond acceptors (Lipinski definition) is 3. The summed E-state index contributed by atoms with van der Waals surface area (Å²) in [6, 6.07) is 0. The van der Waals surface area contributed by atoms with Crippen molar-refractivity contribution >= 4 is 24.8 Å². The van der Waals surface area contributed by atoms with Crippen molar-refractivity contribution < 1.29 is 4.42 Å². The highest BCUT2D eigenvalue weighted by Gasteiger charge is 1.93. The first kappa shape index (κ1) is 12.4. The molecule has 2 N–H and O–H groups in total. The van der Waals surface area contributed by atoms with Gasteiger partial charge in [0.05, 0.1) is 12.2 Å². The lowest BCUT2D eigenvalue weighted by Gasteiger charge is -1.79. The first-order valence-electron chi connectivity index (χ1n) is 2.44. The lowest BCUT2D eigenvalue weighted by molar-refractivity contribution is 0.497. The number of nitrogens with two attached hydrogens (primary N) is 1. The van der Waals surface area contributed by atoms with Crippen LogP contribution in [0.3, 0.4) is 0 Å². The van der Waals surface area contributed by atoms with Crippen LogP contribution < -0.4 is 5.73 Å². The highest BCUT2D eigenvalue weighted by atomic mass is 35.5. The van der Waals surface area contributed by atoms with E-state index in [1.807, 2.05) is 6.92 Å². The molecule has 5 heteroatoms. The normalized spacial score (nSPS) is 7.80. The van der Waals surface area contributed by atoms with Gasteiger partial charge in [-0.2, -0.15) is 0 Å². The minimum atomic E-state index is 0. The van der Waals surface area contributed by atoms with Crippen molar-refractivity contribution in [1.82, 2.24) is 4.98 Å². The van der Waals surface area contributed by atoms with E-state index in [0.717, 1.165) is 5.69 Å². The largest absolute Gasteiger partial charge is 0.447 e. The van der Waals surface area contributed by atoms with Crippen molar-refractivity contribution in [1.29, 1.82) is 0 Å². The molecule has 0 unspecified atom stereocenters. The van der Waals surface area contributed by atoms with Gasteiger partial charge in [-0.1, -0.05) is 0 Å². The van der Waals surface area contributed by atoms with Crippen LogP contribution in [0.1, 0.15) is 11.6 Å². The lowest BCUT2D eigenvalue weighted by Crippen LogP contribution is -1.95. The molecule has 0 saturated heterocycles. The summed E-state index contributed by atoms with van der Waals surface area (Å²) in [4.78, 5) is 3.94. The summed E-state index contributed by atoms with van der Waals surface area (Å²) < 4.78 is 4.88. The van der Waals surface area contributed by atoms with E-state index in [1.165, 1.54) is 0 Å². The van der Waals surface area contributed by atoms with Gasteiger partial charge in [0.2, 0.25) is 5.89 Å². The third kappa shape index (κ3) is 3.06. The van der Waals surface area contributed by atoms with E-state index >= 15 is 0 Å². The summed E-state index contributed by atoms with van der Waals surface area (Å²) in [7, 11) is 0. The minimum Gasteiger partial charge on any atom is -0.447 e. The molecule has 0 radical (unpaired) electrons. The number of halogens is 2. The van der Waals surface area contributed by atoms with Gasteiger partial charge in [-0.15, -0.1) is 24.8 Å². The van der Waals surface area contributed by atoms with Gasteiger partial charge in [0, 0.05) is 0 Å². The number of aromatic nitrogens is 1. The monoisotopic (exact) mass is 184 g/mol. The molecule has 3 nitrogen and oxygen atoms in total. The van der Waals surface area contributed by atoms with Gasteiger partial charge in [-0.05, 0) is 6.92 Å². The fourth-order valence-electron chi connectivity index (χ4n) is 0.496. The molecule has 0 aromatic carbocycles. The van der Waals surface area contributed by atoms with Crippen molar-refractivity contribution in [2.45, 2.75) is 13.5 Å². The van der Waals surface area contributed by atoms with E-state index in [9.17, 15) is 0 Å². The van der Waals surface area contributed by atoms with E-state index in [1.54, 1.807) is 6.26 Å². The summed E-state index contributed by atoms with van der Waals surface area (Å²) in [5.41, 5.74) is 6.09. The summed E-state index contributed by atoms with van der Waals surface area (Å²) in [5, 5.41) is 0. The van der Waals surface area contributed by atoms with Crippen LogP contribution in [0.2, 0.25) is 0 Å². The Balaban J connectivity index is 0. The minimum absolute atomic E-state index is 0. The van der Waals surface area contributed by atoms with Crippen LogP contribution in [0.25, 0.3) is 0 Å². The van der Waals surface area contributed by atoms with Crippen LogP contribution in [-0.4, -0.2) is 4.98 Å². The van der Waals surface area contributed by atoms with Crippen molar-refractivity contribution in [3.8, 4) is 0 Å². The molecule has 10 heavy (non-hydrogen) atoms. The van der Waals surface area contributed by atoms with Crippen LogP contribution in [0.15, 0.2) is 10.7 Å². The van der Waals surface area contributed by atoms with Crippen molar-refractivity contribution in [3.05, 3.63) is 17.8 Å². The van der Waals surface area contributed by atoms with E-state index < -0.39 is 0 Å². The van der Waals surface area contributed by atoms with Crippen molar-refractivity contribution in [2.75, 3.05) is 0 Å². The second kappa shape index (κ2) is 5.53. The Morgan fingerprint density at radius 1 is 1.60 bits per heavy atom. The van der Waals surface area contributed by atoms with Gasteiger partial charge in [-0.3, -0.25) is 0 Å². The Hall–Kier alpha value is -0.250. The smallest absolute Gasteiger partial charge is 0.207 e. The molecule has 0 saturated carbocycles. The zero-order chi connectivity index (χ0) is 5.98. The van der Waals surface area contributed by atoms with Gasteiger partial charge in [0.15, 0.2) is 0 Å². The molecule has 0 bridgehead atoms. The predicted molar refractivity (Wildman–Crippen MR) is 43.6 cm³/mol. The van der Waals surface area contributed by atoms with Gasteiger partial charge in [-0.25, -0.2) is 4.98 Å². The quantitative estimate of drug-likeness (QED) is 0.716. The molecular weight excluding hydrogens is 175 g/mol. The van der Waals surface area contributed by atoms with Crippen LogP contribution in [0, 0.1) is 6.92 Å².